The van der Waals surface area contributed by atoms with Crippen molar-refractivity contribution in [3.05, 3.63) is 45.6 Å². The molecule has 0 saturated carbocycles. The first-order chi connectivity index (χ1) is 12.5. The normalized spacial score (nSPS) is 13.7. The van der Waals surface area contributed by atoms with E-state index in [1.165, 1.54) is 16.0 Å². The molecule has 2 N–H and O–H groups in total. The Labute approximate surface area is 182 Å². The van der Waals surface area contributed by atoms with E-state index in [2.05, 4.69) is 60.0 Å². The highest BCUT2D eigenvalue weighted by atomic mass is 127. The first-order valence-corrected chi connectivity index (χ1v) is 9.75. The maximum Gasteiger partial charge on any atom is 0.191 e. The summed E-state index contributed by atoms with van der Waals surface area (Å²) >= 11 is 1.76. The molecule has 0 saturated heterocycles. The van der Waals surface area contributed by atoms with E-state index in [0.29, 0.717) is 13.2 Å². The minimum absolute atomic E-state index is 0. The Balaban J connectivity index is 0.00000261. The second kappa shape index (κ2) is 9.64. The molecule has 148 valence electrons. The molecule has 0 unspecified atom stereocenters. The van der Waals surface area contributed by atoms with Crippen molar-refractivity contribution < 1.29 is 9.47 Å². The van der Waals surface area contributed by atoms with E-state index in [1.807, 2.05) is 6.07 Å². The topological polar surface area (TPSA) is 54.9 Å². The monoisotopic (exact) mass is 501 g/mol. The van der Waals surface area contributed by atoms with Crippen molar-refractivity contribution in [2.45, 2.75) is 32.7 Å². The average Bonchev–Trinajstić information content (AvgIpc) is 3.06. The lowest BCUT2D eigenvalue weighted by Crippen LogP contribution is -2.43. The zero-order chi connectivity index (χ0) is 18.6. The number of nitrogens with zero attached hydrogens (tertiary/aromatic N) is 1. The number of hydrogen-bond donors (Lipinski definition) is 2. The molecule has 2 aromatic rings. The molecular weight excluding hydrogens is 473 g/mol. The summed E-state index contributed by atoms with van der Waals surface area (Å²) in [6.45, 7) is 9.32. The number of ether oxygens (including phenoxy) is 2. The lowest BCUT2D eigenvalue weighted by atomic mass is 9.84. The third-order valence-corrected chi connectivity index (χ3v) is 5.65. The van der Waals surface area contributed by atoms with Gasteiger partial charge in [0.25, 0.3) is 0 Å². The summed E-state index contributed by atoms with van der Waals surface area (Å²) in [6.07, 6.45) is 0. The molecule has 0 atom stereocenters. The number of aliphatic imine (C=N–C) groups is 1. The molecule has 1 aliphatic heterocycles. The number of thiophene rings is 1. The number of nitrogens with one attached hydrogen (secondary N) is 2. The highest BCUT2D eigenvalue weighted by Gasteiger charge is 2.23. The molecule has 1 aromatic heterocycles. The Morgan fingerprint density at radius 2 is 1.89 bits per heavy atom. The average molecular weight is 501 g/mol. The Bertz CT molecular complexity index is 789. The van der Waals surface area contributed by atoms with Crippen LogP contribution < -0.4 is 20.1 Å². The Hall–Kier alpha value is -1.48. The van der Waals surface area contributed by atoms with Crippen LogP contribution in [0.15, 0.2) is 34.6 Å². The molecule has 0 amide bonds. The standard InChI is InChI=1S/C20H27N3O2S.HI/c1-14-7-10-26-18(14)12-22-19(21-4)23-13-20(2,3)15-5-6-16-17(11-15)25-9-8-24-16;/h5-7,10-11H,8-9,12-13H2,1-4H3,(H2,21,22,23);1H. The number of aryl methyl sites for hydroxylation is 1. The number of fused-ring (bicyclic) bond motifs is 1. The molecule has 0 fully saturated rings. The Morgan fingerprint density at radius 3 is 2.56 bits per heavy atom. The first-order valence-electron chi connectivity index (χ1n) is 8.87. The fourth-order valence-corrected chi connectivity index (χ4v) is 3.69. The Kier molecular flexibility index (Phi) is 7.79. The predicted octanol–water partition coefficient (Wildman–Crippen LogP) is 4.09. The van der Waals surface area contributed by atoms with Gasteiger partial charge in [-0.3, -0.25) is 4.99 Å². The van der Waals surface area contributed by atoms with Crippen LogP contribution in [0.3, 0.4) is 0 Å². The second-order valence-electron chi connectivity index (χ2n) is 7.05. The fraction of sp³-hybridized carbons (Fsp3) is 0.450. The van der Waals surface area contributed by atoms with Gasteiger partial charge in [-0.2, -0.15) is 0 Å². The fourth-order valence-electron chi connectivity index (χ4n) is 2.84. The lowest BCUT2D eigenvalue weighted by Gasteiger charge is -2.28. The Morgan fingerprint density at radius 1 is 1.15 bits per heavy atom. The zero-order valence-electron chi connectivity index (χ0n) is 16.3. The molecule has 7 heteroatoms. The van der Waals surface area contributed by atoms with Gasteiger partial charge in [-0.1, -0.05) is 19.9 Å². The van der Waals surface area contributed by atoms with Crippen molar-refractivity contribution in [3.63, 3.8) is 0 Å². The van der Waals surface area contributed by atoms with E-state index >= 15 is 0 Å². The summed E-state index contributed by atoms with van der Waals surface area (Å²) in [6, 6.07) is 8.34. The van der Waals surface area contributed by atoms with Gasteiger partial charge in [-0.05, 0) is 41.6 Å². The molecule has 3 rings (SSSR count). The molecule has 5 nitrogen and oxygen atoms in total. The summed E-state index contributed by atoms with van der Waals surface area (Å²) in [5.41, 5.74) is 2.44. The van der Waals surface area contributed by atoms with Crippen molar-refractivity contribution in [2.24, 2.45) is 4.99 Å². The van der Waals surface area contributed by atoms with Crippen LogP contribution in [0, 0.1) is 6.92 Å². The van der Waals surface area contributed by atoms with Crippen LogP contribution in [0.1, 0.15) is 29.9 Å². The van der Waals surface area contributed by atoms with Gasteiger partial charge >= 0.3 is 0 Å². The maximum atomic E-state index is 5.72. The van der Waals surface area contributed by atoms with Gasteiger partial charge in [0, 0.05) is 23.9 Å². The molecule has 0 spiro atoms. The van der Waals surface area contributed by atoms with Crippen molar-refractivity contribution >= 4 is 41.3 Å². The first kappa shape index (κ1) is 21.8. The third-order valence-electron chi connectivity index (χ3n) is 4.63. The van der Waals surface area contributed by atoms with Crippen LogP contribution in [0.4, 0.5) is 0 Å². The summed E-state index contributed by atoms with van der Waals surface area (Å²) < 4.78 is 11.3. The van der Waals surface area contributed by atoms with Gasteiger partial charge in [0.2, 0.25) is 0 Å². The van der Waals surface area contributed by atoms with E-state index in [4.69, 9.17) is 9.47 Å². The molecule has 2 heterocycles. The largest absolute Gasteiger partial charge is 0.486 e. The summed E-state index contributed by atoms with van der Waals surface area (Å²) in [5, 5.41) is 8.95. The van der Waals surface area contributed by atoms with Gasteiger partial charge in [0.15, 0.2) is 17.5 Å². The summed E-state index contributed by atoms with van der Waals surface area (Å²) in [7, 11) is 1.80. The number of hydrogen-bond acceptors (Lipinski definition) is 4. The van der Waals surface area contributed by atoms with Gasteiger partial charge in [-0.15, -0.1) is 35.3 Å². The third kappa shape index (κ3) is 5.51. The van der Waals surface area contributed by atoms with Crippen LogP contribution in [0.25, 0.3) is 0 Å². The van der Waals surface area contributed by atoms with Crippen LogP contribution in [-0.2, 0) is 12.0 Å². The van der Waals surface area contributed by atoms with Crippen molar-refractivity contribution in [1.29, 1.82) is 0 Å². The van der Waals surface area contributed by atoms with Gasteiger partial charge in [0.1, 0.15) is 13.2 Å². The zero-order valence-corrected chi connectivity index (χ0v) is 19.4. The number of halogens is 1. The highest BCUT2D eigenvalue weighted by molar-refractivity contribution is 14.0. The van der Waals surface area contributed by atoms with E-state index in [0.717, 1.165) is 30.5 Å². The summed E-state index contributed by atoms with van der Waals surface area (Å²) in [4.78, 5) is 5.67. The van der Waals surface area contributed by atoms with Crippen molar-refractivity contribution in [1.82, 2.24) is 10.6 Å². The van der Waals surface area contributed by atoms with Gasteiger partial charge in [-0.25, -0.2) is 0 Å². The smallest absolute Gasteiger partial charge is 0.191 e. The van der Waals surface area contributed by atoms with Crippen LogP contribution in [-0.4, -0.2) is 32.8 Å². The predicted molar refractivity (Wildman–Crippen MR) is 123 cm³/mol. The van der Waals surface area contributed by atoms with Crippen LogP contribution in [0.5, 0.6) is 11.5 Å². The molecular formula is C20H28IN3O2S. The molecule has 1 aliphatic rings. The van der Waals surface area contributed by atoms with Crippen molar-refractivity contribution in [2.75, 3.05) is 26.8 Å². The molecule has 0 aliphatic carbocycles. The van der Waals surface area contributed by atoms with Crippen molar-refractivity contribution in [3.8, 4) is 11.5 Å². The molecule has 0 radical (unpaired) electrons. The SMILES string of the molecule is CN=C(NCc1sccc1C)NCC(C)(C)c1ccc2c(c1)OCCO2.I. The quantitative estimate of drug-likeness (QED) is 0.368. The van der Waals surface area contributed by atoms with Crippen LogP contribution in [0.2, 0.25) is 0 Å². The highest BCUT2D eigenvalue weighted by Crippen LogP contribution is 2.34. The van der Waals surface area contributed by atoms with Crippen LogP contribution >= 0.6 is 35.3 Å². The maximum absolute atomic E-state index is 5.72. The molecule has 1 aromatic carbocycles. The number of guanidine groups is 1. The lowest BCUT2D eigenvalue weighted by molar-refractivity contribution is 0.171. The van der Waals surface area contributed by atoms with E-state index < -0.39 is 0 Å². The van der Waals surface area contributed by atoms with E-state index in [1.54, 1.807) is 18.4 Å². The van der Waals surface area contributed by atoms with Gasteiger partial charge in [0.05, 0.1) is 6.54 Å². The number of rotatable bonds is 5. The summed E-state index contributed by atoms with van der Waals surface area (Å²) in [5.74, 6) is 2.47. The minimum Gasteiger partial charge on any atom is -0.486 e. The minimum atomic E-state index is -0.0771. The molecule has 27 heavy (non-hydrogen) atoms. The molecule has 0 bridgehead atoms. The second-order valence-corrected chi connectivity index (χ2v) is 8.05. The number of benzene rings is 1. The van der Waals surface area contributed by atoms with E-state index in [-0.39, 0.29) is 29.4 Å². The van der Waals surface area contributed by atoms with Gasteiger partial charge < -0.3 is 20.1 Å². The van der Waals surface area contributed by atoms with E-state index in [9.17, 15) is 0 Å².